The van der Waals surface area contributed by atoms with Crippen molar-refractivity contribution in [2.75, 3.05) is 19.8 Å². The number of amides is 1. The van der Waals surface area contributed by atoms with Crippen LogP contribution < -0.4 is 0 Å². The number of carbonyl (C=O) groups is 1. The molecule has 18 heavy (non-hydrogen) atoms. The van der Waals surface area contributed by atoms with E-state index in [1.807, 2.05) is 36.9 Å². The highest BCUT2D eigenvalue weighted by atomic mass is 79.9. The third-order valence-corrected chi connectivity index (χ3v) is 4.23. The summed E-state index contributed by atoms with van der Waals surface area (Å²) in [7, 11) is 0. The second-order valence-electron chi connectivity index (χ2n) is 4.95. The summed E-state index contributed by atoms with van der Waals surface area (Å²) in [6.07, 6.45) is 0. The van der Waals surface area contributed by atoms with Gasteiger partial charge in [-0.2, -0.15) is 0 Å². The molecule has 1 fully saturated rings. The Morgan fingerprint density at radius 1 is 1.39 bits per heavy atom. The van der Waals surface area contributed by atoms with Gasteiger partial charge in [0.25, 0.3) is 5.91 Å². The Kier molecular flexibility index (Phi) is 4.14. The highest BCUT2D eigenvalue weighted by molar-refractivity contribution is 9.11. The molecule has 0 aliphatic carbocycles. The van der Waals surface area contributed by atoms with E-state index in [0.717, 1.165) is 8.95 Å². The normalized spacial score (nSPS) is 18.8. The molecule has 0 N–H and O–H groups in total. The van der Waals surface area contributed by atoms with Crippen LogP contribution in [0.15, 0.2) is 27.1 Å². The molecule has 0 bridgehead atoms. The Morgan fingerprint density at radius 3 is 2.78 bits per heavy atom. The van der Waals surface area contributed by atoms with Crippen molar-refractivity contribution in [1.82, 2.24) is 4.90 Å². The lowest BCUT2D eigenvalue weighted by Gasteiger charge is -2.42. The van der Waals surface area contributed by atoms with E-state index in [9.17, 15) is 4.79 Å². The molecule has 1 amide bonds. The van der Waals surface area contributed by atoms with Crippen molar-refractivity contribution >= 4 is 37.8 Å². The highest BCUT2D eigenvalue weighted by Crippen LogP contribution is 2.27. The summed E-state index contributed by atoms with van der Waals surface area (Å²) >= 11 is 6.84. The van der Waals surface area contributed by atoms with Crippen LogP contribution in [0.4, 0.5) is 0 Å². The smallest absolute Gasteiger partial charge is 0.255 e. The molecule has 1 aromatic rings. The standard InChI is InChI=1S/C13H15Br2NO2/c1-13(2)8-18-6-5-16(13)12(17)10-7-9(14)3-4-11(10)15/h3-4,7H,5-6,8H2,1-2H3. The lowest BCUT2D eigenvalue weighted by molar-refractivity contribution is -0.0371. The first-order valence-electron chi connectivity index (χ1n) is 5.76. The van der Waals surface area contributed by atoms with Crippen LogP contribution in [0.3, 0.4) is 0 Å². The fourth-order valence-electron chi connectivity index (χ4n) is 2.04. The van der Waals surface area contributed by atoms with E-state index in [2.05, 4.69) is 31.9 Å². The Morgan fingerprint density at radius 2 is 2.11 bits per heavy atom. The van der Waals surface area contributed by atoms with Crippen molar-refractivity contribution in [3.05, 3.63) is 32.7 Å². The summed E-state index contributed by atoms with van der Waals surface area (Å²) < 4.78 is 7.16. The summed E-state index contributed by atoms with van der Waals surface area (Å²) in [5, 5.41) is 0. The fourth-order valence-corrected chi connectivity index (χ4v) is 2.82. The zero-order valence-corrected chi connectivity index (χ0v) is 13.5. The van der Waals surface area contributed by atoms with E-state index in [4.69, 9.17) is 4.74 Å². The highest BCUT2D eigenvalue weighted by Gasteiger charge is 2.35. The zero-order valence-electron chi connectivity index (χ0n) is 10.4. The molecule has 0 saturated carbocycles. The van der Waals surface area contributed by atoms with Crippen molar-refractivity contribution in [2.24, 2.45) is 0 Å². The van der Waals surface area contributed by atoms with Gasteiger partial charge in [0.2, 0.25) is 0 Å². The molecule has 0 atom stereocenters. The van der Waals surface area contributed by atoms with Crippen LogP contribution in [0.1, 0.15) is 24.2 Å². The van der Waals surface area contributed by atoms with Gasteiger partial charge >= 0.3 is 0 Å². The summed E-state index contributed by atoms with van der Waals surface area (Å²) in [5.74, 6) is 0.0384. The molecule has 0 spiro atoms. The van der Waals surface area contributed by atoms with Gasteiger partial charge in [0.15, 0.2) is 0 Å². The third-order valence-electron chi connectivity index (χ3n) is 3.05. The average molecular weight is 377 g/mol. The van der Waals surface area contributed by atoms with E-state index in [1.165, 1.54) is 0 Å². The predicted molar refractivity (Wildman–Crippen MR) is 77.8 cm³/mol. The average Bonchev–Trinajstić information content (AvgIpc) is 2.31. The number of halogens is 2. The molecule has 2 rings (SSSR count). The first-order chi connectivity index (χ1) is 8.42. The Bertz CT molecular complexity index is 474. The summed E-state index contributed by atoms with van der Waals surface area (Å²) in [4.78, 5) is 14.5. The van der Waals surface area contributed by atoms with Gasteiger partial charge in [0.05, 0.1) is 24.3 Å². The maximum absolute atomic E-state index is 12.6. The molecule has 3 nitrogen and oxygen atoms in total. The van der Waals surface area contributed by atoms with Crippen molar-refractivity contribution in [3.63, 3.8) is 0 Å². The second-order valence-corrected chi connectivity index (χ2v) is 6.72. The Balaban J connectivity index is 2.33. The summed E-state index contributed by atoms with van der Waals surface area (Å²) in [5.41, 5.74) is 0.413. The molecule has 1 heterocycles. The number of rotatable bonds is 1. The van der Waals surface area contributed by atoms with Gasteiger partial charge in [0, 0.05) is 15.5 Å². The van der Waals surface area contributed by atoms with Gasteiger partial charge in [0.1, 0.15) is 0 Å². The summed E-state index contributed by atoms with van der Waals surface area (Å²) in [6, 6.07) is 5.63. The van der Waals surface area contributed by atoms with Gasteiger partial charge in [-0.15, -0.1) is 0 Å². The van der Waals surface area contributed by atoms with Crippen LogP contribution in [0.5, 0.6) is 0 Å². The first-order valence-corrected chi connectivity index (χ1v) is 7.35. The minimum absolute atomic E-state index is 0.0384. The first kappa shape index (κ1) is 14.0. The quantitative estimate of drug-likeness (QED) is 0.751. The molecule has 1 aromatic carbocycles. The van der Waals surface area contributed by atoms with Crippen molar-refractivity contribution in [1.29, 1.82) is 0 Å². The van der Waals surface area contributed by atoms with Crippen LogP contribution in [0.2, 0.25) is 0 Å². The monoisotopic (exact) mass is 375 g/mol. The fraction of sp³-hybridized carbons (Fsp3) is 0.462. The molecule has 1 saturated heterocycles. The maximum atomic E-state index is 12.6. The maximum Gasteiger partial charge on any atom is 0.255 e. The number of carbonyl (C=O) groups excluding carboxylic acids is 1. The Labute approximate surface area is 124 Å². The van der Waals surface area contributed by atoms with E-state index in [-0.39, 0.29) is 11.4 Å². The van der Waals surface area contributed by atoms with Gasteiger partial charge in [-0.3, -0.25) is 4.79 Å². The van der Waals surface area contributed by atoms with E-state index in [0.29, 0.717) is 25.3 Å². The number of hydrogen-bond donors (Lipinski definition) is 0. The largest absolute Gasteiger partial charge is 0.377 e. The molecule has 5 heteroatoms. The topological polar surface area (TPSA) is 29.5 Å². The third kappa shape index (κ3) is 2.78. The lowest BCUT2D eigenvalue weighted by Crippen LogP contribution is -2.55. The number of hydrogen-bond acceptors (Lipinski definition) is 2. The molecule has 0 aromatic heterocycles. The zero-order chi connectivity index (χ0) is 13.3. The van der Waals surface area contributed by atoms with Crippen LogP contribution in [0.25, 0.3) is 0 Å². The molecular weight excluding hydrogens is 362 g/mol. The molecule has 98 valence electrons. The van der Waals surface area contributed by atoms with E-state index in [1.54, 1.807) is 0 Å². The second kappa shape index (κ2) is 5.31. The van der Waals surface area contributed by atoms with Crippen molar-refractivity contribution in [3.8, 4) is 0 Å². The van der Waals surface area contributed by atoms with Crippen LogP contribution in [-0.2, 0) is 4.74 Å². The molecular formula is C13H15Br2NO2. The van der Waals surface area contributed by atoms with Crippen molar-refractivity contribution in [2.45, 2.75) is 19.4 Å². The minimum atomic E-state index is -0.267. The van der Waals surface area contributed by atoms with Crippen LogP contribution in [0, 0.1) is 0 Å². The molecule has 1 aliphatic rings. The van der Waals surface area contributed by atoms with Crippen LogP contribution >= 0.6 is 31.9 Å². The molecule has 0 radical (unpaired) electrons. The van der Waals surface area contributed by atoms with E-state index < -0.39 is 0 Å². The van der Waals surface area contributed by atoms with Gasteiger partial charge in [-0.25, -0.2) is 0 Å². The lowest BCUT2D eigenvalue weighted by atomic mass is 10.0. The number of ether oxygens (including phenoxy) is 1. The Hall–Kier alpha value is -0.390. The number of nitrogens with zero attached hydrogens (tertiary/aromatic N) is 1. The van der Waals surface area contributed by atoms with Gasteiger partial charge in [-0.1, -0.05) is 15.9 Å². The van der Waals surface area contributed by atoms with Crippen molar-refractivity contribution < 1.29 is 9.53 Å². The molecule has 0 unspecified atom stereocenters. The van der Waals surface area contributed by atoms with Crippen LogP contribution in [-0.4, -0.2) is 36.1 Å². The predicted octanol–water partition coefficient (Wildman–Crippen LogP) is 3.46. The van der Waals surface area contributed by atoms with Gasteiger partial charge < -0.3 is 9.64 Å². The van der Waals surface area contributed by atoms with E-state index >= 15 is 0 Å². The molecule has 1 aliphatic heterocycles. The minimum Gasteiger partial charge on any atom is -0.377 e. The van der Waals surface area contributed by atoms with Gasteiger partial charge in [-0.05, 0) is 48.0 Å². The SMILES string of the molecule is CC1(C)COCCN1C(=O)c1cc(Br)ccc1Br. The number of benzene rings is 1. The summed E-state index contributed by atoms with van der Waals surface area (Å²) in [6.45, 7) is 5.85. The number of morpholine rings is 1.